The van der Waals surface area contributed by atoms with Gasteiger partial charge in [-0.3, -0.25) is 0 Å². The molecular formula is C20H21N5S. The van der Waals surface area contributed by atoms with Crippen LogP contribution in [0.3, 0.4) is 0 Å². The number of rotatable bonds is 2. The van der Waals surface area contributed by atoms with Gasteiger partial charge >= 0.3 is 0 Å². The standard InChI is InChI=1S/C20H18N4S.H3N/c1-11-6-12(2)18(13(3)7-11)19-15(9-22-20(21)24-19)14-4-5-16-17(8-14)25-10-23-16;/h4-10H,1-3H3,(H2,21,22,24);1H3. The SMILES string of the molecule is Cc1cc(C)c(-c2nc(N)ncc2-c2ccc3ncsc3c2)c(C)c1.N. The van der Waals surface area contributed by atoms with Crippen molar-refractivity contribution in [1.82, 2.24) is 21.1 Å². The molecule has 0 atom stereocenters. The molecule has 2 aromatic heterocycles. The highest BCUT2D eigenvalue weighted by molar-refractivity contribution is 7.16. The number of aryl methyl sites for hydroxylation is 3. The highest BCUT2D eigenvalue weighted by Crippen LogP contribution is 2.36. The molecule has 6 heteroatoms. The zero-order valence-corrected chi connectivity index (χ0v) is 15.9. The van der Waals surface area contributed by atoms with Gasteiger partial charge in [-0.05, 0) is 49.6 Å². The van der Waals surface area contributed by atoms with Crippen molar-refractivity contribution in [1.29, 1.82) is 0 Å². The van der Waals surface area contributed by atoms with Gasteiger partial charge in [0.05, 0.1) is 21.4 Å². The molecule has 5 N–H and O–H groups in total. The van der Waals surface area contributed by atoms with Crippen LogP contribution < -0.4 is 11.9 Å². The normalized spacial score (nSPS) is 10.7. The summed E-state index contributed by atoms with van der Waals surface area (Å²) in [6, 6.07) is 10.6. The fourth-order valence-corrected chi connectivity index (χ4v) is 4.09. The first-order valence-electron chi connectivity index (χ1n) is 8.07. The van der Waals surface area contributed by atoms with Crippen LogP contribution in [0.2, 0.25) is 0 Å². The first-order chi connectivity index (χ1) is 12.0. The number of benzene rings is 2. The van der Waals surface area contributed by atoms with Gasteiger partial charge in [0.15, 0.2) is 0 Å². The number of nitrogen functional groups attached to an aromatic ring is 1. The molecule has 0 bridgehead atoms. The van der Waals surface area contributed by atoms with Crippen LogP contribution in [0, 0.1) is 20.8 Å². The van der Waals surface area contributed by atoms with E-state index in [0.717, 1.165) is 32.6 Å². The molecule has 0 saturated heterocycles. The zero-order chi connectivity index (χ0) is 17.6. The molecule has 0 unspecified atom stereocenters. The molecule has 2 aromatic carbocycles. The number of hydrogen-bond donors (Lipinski definition) is 2. The van der Waals surface area contributed by atoms with Crippen LogP contribution in [-0.4, -0.2) is 15.0 Å². The van der Waals surface area contributed by atoms with Gasteiger partial charge in [-0.15, -0.1) is 11.3 Å². The van der Waals surface area contributed by atoms with Gasteiger partial charge in [-0.2, -0.15) is 0 Å². The summed E-state index contributed by atoms with van der Waals surface area (Å²) in [7, 11) is 0. The number of aromatic nitrogens is 3. The third-order valence-corrected chi connectivity index (χ3v) is 5.16. The van der Waals surface area contributed by atoms with E-state index in [4.69, 9.17) is 5.73 Å². The molecule has 2 heterocycles. The quantitative estimate of drug-likeness (QED) is 0.517. The Balaban J connectivity index is 0.00000196. The lowest BCUT2D eigenvalue weighted by molar-refractivity contribution is 1.18. The molecule has 5 nitrogen and oxygen atoms in total. The predicted molar refractivity (Wildman–Crippen MR) is 110 cm³/mol. The molecule has 26 heavy (non-hydrogen) atoms. The minimum Gasteiger partial charge on any atom is -0.368 e. The molecule has 4 rings (SSSR count). The third-order valence-electron chi connectivity index (χ3n) is 4.36. The minimum absolute atomic E-state index is 0. The Morgan fingerprint density at radius 3 is 2.42 bits per heavy atom. The summed E-state index contributed by atoms with van der Waals surface area (Å²) in [5.41, 5.74) is 16.5. The maximum absolute atomic E-state index is 5.92. The van der Waals surface area contributed by atoms with E-state index in [1.165, 1.54) is 16.7 Å². The van der Waals surface area contributed by atoms with Crippen molar-refractivity contribution in [3.8, 4) is 22.4 Å². The van der Waals surface area contributed by atoms with E-state index in [0.29, 0.717) is 0 Å². The predicted octanol–water partition coefficient (Wildman–Crippen LogP) is 5.09. The lowest BCUT2D eigenvalue weighted by Crippen LogP contribution is -2.01. The molecule has 0 saturated carbocycles. The zero-order valence-electron chi connectivity index (χ0n) is 15.1. The number of anilines is 1. The molecule has 0 aliphatic heterocycles. The van der Waals surface area contributed by atoms with Gasteiger partial charge in [0, 0.05) is 17.3 Å². The van der Waals surface area contributed by atoms with E-state index < -0.39 is 0 Å². The Morgan fingerprint density at radius 1 is 0.962 bits per heavy atom. The first-order valence-corrected chi connectivity index (χ1v) is 8.95. The van der Waals surface area contributed by atoms with Gasteiger partial charge in [-0.1, -0.05) is 23.8 Å². The van der Waals surface area contributed by atoms with Gasteiger partial charge in [0.1, 0.15) is 0 Å². The van der Waals surface area contributed by atoms with Gasteiger partial charge in [0.25, 0.3) is 0 Å². The maximum atomic E-state index is 5.92. The second-order valence-corrected chi connectivity index (χ2v) is 7.19. The molecule has 0 radical (unpaired) electrons. The molecule has 0 aliphatic carbocycles. The van der Waals surface area contributed by atoms with Gasteiger partial charge in [-0.25, -0.2) is 15.0 Å². The summed E-state index contributed by atoms with van der Waals surface area (Å²) >= 11 is 1.63. The fourth-order valence-electron chi connectivity index (χ4n) is 3.37. The molecule has 4 aromatic rings. The van der Waals surface area contributed by atoms with Crippen LogP contribution in [0.4, 0.5) is 5.95 Å². The fraction of sp³-hybridized carbons (Fsp3) is 0.150. The molecule has 0 amide bonds. The van der Waals surface area contributed by atoms with Crippen LogP contribution in [0.5, 0.6) is 0 Å². The van der Waals surface area contributed by atoms with E-state index >= 15 is 0 Å². The van der Waals surface area contributed by atoms with Gasteiger partial charge < -0.3 is 11.9 Å². The van der Waals surface area contributed by atoms with Gasteiger partial charge in [0.2, 0.25) is 5.95 Å². The van der Waals surface area contributed by atoms with Crippen molar-refractivity contribution in [3.05, 3.63) is 58.7 Å². The second-order valence-electron chi connectivity index (χ2n) is 6.30. The largest absolute Gasteiger partial charge is 0.368 e. The number of fused-ring (bicyclic) bond motifs is 1. The highest BCUT2D eigenvalue weighted by Gasteiger charge is 2.16. The summed E-state index contributed by atoms with van der Waals surface area (Å²) < 4.78 is 1.15. The Labute approximate surface area is 156 Å². The van der Waals surface area contributed by atoms with E-state index in [9.17, 15) is 0 Å². The number of nitrogens with zero attached hydrogens (tertiary/aromatic N) is 3. The average Bonchev–Trinajstić information content (AvgIpc) is 3.01. The summed E-state index contributed by atoms with van der Waals surface area (Å²) in [4.78, 5) is 13.2. The van der Waals surface area contributed by atoms with Crippen LogP contribution in [-0.2, 0) is 0 Å². The van der Waals surface area contributed by atoms with Crippen molar-refractivity contribution in [2.24, 2.45) is 0 Å². The Morgan fingerprint density at radius 2 is 1.69 bits per heavy atom. The van der Waals surface area contributed by atoms with Crippen LogP contribution in [0.25, 0.3) is 32.6 Å². The smallest absolute Gasteiger partial charge is 0.220 e. The molecule has 0 spiro atoms. The van der Waals surface area contributed by atoms with E-state index in [2.05, 4.69) is 60.0 Å². The summed E-state index contributed by atoms with van der Waals surface area (Å²) in [6.07, 6.45) is 1.82. The first kappa shape index (κ1) is 18.0. The Kier molecular flexibility index (Phi) is 4.71. The van der Waals surface area contributed by atoms with E-state index in [1.807, 2.05) is 17.8 Å². The maximum Gasteiger partial charge on any atom is 0.220 e. The summed E-state index contributed by atoms with van der Waals surface area (Å²) in [6.45, 7) is 6.34. The molecule has 132 valence electrons. The molecule has 0 fully saturated rings. The highest BCUT2D eigenvalue weighted by atomic mass is 32.1. The van der Waals surface area contributed by atoms with Crippen molar-refractivity contribution in [3.63, 3.8) is 0 Å². The summed E-state index contributed by atoms with van der Waals surface area (Å²) in [5, 5.41) is 0. The third kappa shape index (κ3) is 3.05. The van der Waals surface area contributed by atoms with Crippen molar-refractivity contribution in [2.45, 2.75) is 20.8 Å². The lowest BCUT2D eigenvalue weighted by Gasteiger charge is -2.15. The number of nitrogens with two attached hydrogens (primary N) is 1. The van der Waals surface area contributed by atoms with E-state index in [-0.39, 0.29) is 12.1 Å². The number of hydrogen-bond acceptors (Lipinski definition) is 6. The van der Waals surface area contributed by atoms with Crippen LogP contribution >= 0.6 is 11.3 Å². The average molecular weight is 363 g/mol. The van der Waals surface area contributed by atoms with Crippen LogP contribution in [0.15, 0.2) is 42.0 Å². The minimum atomic E-state index is 0. The topological polar surface area (TPSA) is 99.7 Å². The Bertz CT molecular complexity index is 1080. The van der Waals surface area contributed by atoms with Crippen molar-refractivity contribution < 1.29 is 0 Å². The van der Waals surface area contributed by atoms with Crippen molar-refractivity contribution >= 4 is 27.5 Å². The molecular weight excluding hydrogens is 342 g/mol. The monoisotopic (exact) mass is 363 g/mol. The van der Waals surface area contributed by atoms with Crippen LogP contribution in [0.1, 0.15) is 16.7 Å². The molecule has 0 aliphatic rings. The van der Waals surface area contributed by atoms with E-state index in [1.54, 1.807) is 11.3 Å². The van der Waals surface area contributed by atoms with Crippen molar-refractivity contribution in [2.75, 3.05) is 5.73 Å². The Hall–Kier alpha value is -2.83. The lowest BCUT2D eigenvalue weighted by atomic mass is 9.93. The second kappa shape index (κ2) is 6.82. The number of thiazole rings is 1. The summed E-state index contributed by atoms with van der Waals surface area (Å²) in [5.74, 6) is 0.289.